The van der Waals surface area contributed by atoms with Crippen molar-refractivity contribution in [3.8, 4) is 5.75 Å². The maximum atomic E-state index is 13.3. The normalized spacial score (nSPS) is 14.0. The van der Waals surface area contributed by atoms with E-state index >= 15 is 0 Å². The van der Waals surface area contributed by atoms with Gasteiger partial charge in [0.15, 0.2) is 5.43 Å². The van der Waals surface area contributed by atoms with Crippen molar-refractivity contribution in [1.29, 1.82) is 0 Å². The first-order chi connectivity index (χ1) is 17.0. The van der Waals surface area contributed by atoms with Gasteiger partial charge in [0, 0.05) is 44.1 Å². The van der Waals surface area contributed by atoms with Gasteiger partial charge in [-0.05, 0) is 38.1 Å². The number of carbonyl (C=O) groups is 1. The molecule has 4 rings (SSSR count). The third-order valence-corrected chi connectivity index (χ3v) is 6.15. The molecular weight excluding hydrogens is 444 g/mol. The van der Waals surface area contributed by atoms with E-state index in [0.29, 0.717) is 31.2 Å². The van der Waals surface area contributed by atoms with E-state index in [-0.39, 0.29) is 24.1 Å². The molecule has 8 nitrogen and oxygen atoms in total. The summed E-state index contributed by atoms with van der Waals surface area (Å²) in [5.74, 6) is 0.257. The molecule has 1 aliphatic heterocycles. The van der Waals surface area contributed by atoms with Crippen LogP contribution in [0.1, 0.15) is 33.0 Å². The largest absolute Gasteiger partial charge is 0.487 e. The first-order valence-electron chi connectivity index (χ1n) is 11.9. The number of hydrogen-bond acceptors (Lipinski definition) is 6. The molecule has 3 heterocycles. The summed E-state index contributed by atoms with van der Waals surface area (Å²) in [7, 11) is 0. The van der Waals surface area contributed by atoms with Gasteiger partial charge in [-0.15, -0.1) is 0 Å². The Morgan fingerprint density at radius 2 is 1.86 bits per heavy atom. The van der Waals surface area contributed by atoms with Gasteiger partial charge in [0.2, 0.25) is 0 Å². The molecule has 0 bridgehead atoms. The number of ether oxygens (including phenoxy) is 2. The lowest BCUT2D eigenvalue weighted by Crippen LogP contribution is -2.39. The van der Waals surface area contributed by atoms with Crippen molar-refractivity contribution in [2.75, 3.05) is 32.8 Å². The van der Waals surface area contributed by atoms with Gasteiger partial charge in [-0.3, -0.25) is 19.5 Å². The average molecular weight is 477 g/mol. The number of morpholine rings is 1. The van der Waals surface area contributed by atoms with Gasteiger partial charge in [0.25, 0.3) is 5.91 Å². The molecule has 1 saturated heterocycles. The van der Waals surface area contributed by atoms with Crippen LogP contribution >= 0.6 is 0 Å². The zero-order valence-corrected chi connectivity index (χ0v) is 20.3. The van der Waals surface area contributed by atoms with Gasteiger partial charge in [-0.1, -0.05) is 23.8 Å². The highest BCUT2D eigenvalue weighted by atomic mass is 16.5. The minimum atomic E-state index is -0.428. The third kappa shape index (κ3) is 6.55. The Labute approximate surface area is 205 Å². The molecule has 184 valence electrons. The fourth-order valence-corrected chi connectivity index (χ4v) is 4.15. The maximum absolute atomic E-state index is 13.3. The zero-order chi connectivity index (χ0) is 24.6. The Bertz CT molecular complexity index is 1190. The standard InChI is InChI=1S/C27H32N4O4/c1-20-6-8-23(9-7-20)35-19-24-26(27(33)29-18-22-5-3-4-10-28-22)25(32)17-21(2)31(24)12-11-30-13-15-34-16-14-30/h3-10,17H,11-16,18-19H2,1-2H3,(H,29,33). The molecular formula is C27H32N4O4. The summed E-state index contributed by atoms with van der Waals surface area (Å²) in [6.07, 6.45) is 1.67. The second-order valence-electron chi connectivity index (χ2n) is 8.68. The Kier molecular flexibility index (Phi) is 8.28. The minimum Gasteiger partial charge on any atom is -0.487 e. The quantitative estimate of drug-likeness (QED) is 0.511. The van der Waals surface area contributed by atoms with Crippen LogP contribution < -0.4 is 15.5 Å². The van der Waals surface area contributed by atoms with Gasteiger partial charge in [-0.25, -0.2) is 0 Å². The first-order valence-corrected chi connectivity index (χ1v) is 11.9. The number of aryl methyl sites for hydroxylation is 2. The van der Waals surface area contributed by atoms with Crippen molar-refractivity contribution in [2.24, 2.45) is 0 Å². The summed E-state index contributed by atoms with van der Waals surface area (Å²) < 4.78 is 13.5. The van der Waals surface area contributed by atoms with E-state index in [1.165, 1.54) is 6.07 Å². The van der Waals surface area contributed by atoms with Crippen LogP contribution in [-0.4, -0.2) is 53.2 Å². The SMILES string of the molecule is Cc1ccc(OCc2c(C(=O)NCc3ccccn3)c(=O)cc(C)n2CCN2CCOCC2)cc1. The predicted molar refractivity (Wildman–Crippen MR) is 134 cm³/mol. The van der Waals surface area contributed by atoms with Crippen LogP contribution in [0.15, 0.2) is 59.5 Å². The summed E-state index contributed by atoms with van der Waals surface area (Å²) in [6, 6.07) is 14.8. The van der Waals surface area contributed by atoms with Crippen molar-refractivity contribution < 1.29 is 14.3 Å². The van der Waals surface area contributed by atoms with Crippen LogP contribution in [0.25, 0.3) is 0 Å². The van der Waals surface area contributed by atoms with Crippen LogP contribution in [0.3, 0.4) is 0 Å². The molecule has 1 N–H and O–H groups in total. The fourth-order valence-electron chi connectivity index (χ4n) is 4.15. The second-order valence-corrected chi connectivity index (χ2v) is 8.68. The highest BCUT2D eigenvalue weighted by Gasteiger charge is 2.22. The van der Waals surface area contributed by atoms with E-state index < -0.39 is 5.91 Å². The molecule has 2 aromatic heterocycles. The maximum Gasteiger partial charge on any atom is 0.257 e. The van der Waals surface area contributed by atoms with Gasteiger partial charge in [-0.2, -0.15) is 0 Å². The third-order valence-electron chi connectivity index (χ3n) is 6.15. The summed E-state index contributed by atoms with van der Waals surface area (Å²) in [4.78, 5) is 32.9. The smallest absolute Gasteiger partial charge is 0.257 e. The van der Waals surface area contributed by atoms with Gasteiger partial charge >= 0.3 is 0 Å². The zero-order valence-electron chi connectivity index (χ0n) is 20.3. The van der Waals surface area contributed by atoms with Crippen LogP contribution in [0.5, 0.6) is 5.75 Å². The molecule has 1 aliphatic rings. The number of carbonyl (C=O) groups excluding carboxylic acids is 1. The van der Waals surface area contributed by atoms with Crippen LogP contribution in [0, 0.1) is 13.8 Å². The molecule has 0 saturated carbocycles. The average Bonchev–Trinajstić information content (AvgIpc) is 2.87. The van der Waals surface area contributed by atoms with E-state index in [1.807, 2.05) is 60.9 Å². The van der Waals surface area contributed by atoms with E-state index in [2.05, 4.69) is 15.2 Å². The van der Waals surface area contributed by atoms with Gasteiger partial charge < -0.3 is 19.4 Å². The molecule has 8 heteroatoms. The Balaban J connectivity index is 1.61. The molecule has 1 fully saturated rings. The Hall–Kier alpha value is -3.49. The van der Waals surface area contributed by atoms with Crippen LogP contribution in [0.2, 0.25) is 0 Å². The fraction of sp³-hybridized carbons (Fsp3) is 0.370. The number of nitrogens with zero attached hydrogens (tertiary/aromatic N) is 3. The van der Waals surface area contributed by atoms with E-state index in [0.717, 1.165) is 36.6 Å². The molecule has 0 radical (unpaired) electrons. The van der Waals surface area contributed by atoms with Crippen molar-refractivity contribution in [1.82, 2.24) is 19.8 Å². The van der Waals surface area contributed by atoms with E-state index in [4.69, 9.17) is 9.47 Å². The number of benzene rings is 1. The molecule has 0 atom stereocenters. The van der Waals surface area contributed by atoms with Crippen molar-refractivity contribution in [3.63, 3.8) is 0 Å². The lowest BCUT2D eigenvalue weighted by Gasteiger charge is -2.28. The van der Waals surface area contributed by atoms with Crippen molar-refractivity contribution in [2.45, 2.75) is 33.5 Å². The van der Waals surface area contributed by atoms with Crippen molar-refractivity contribution in [3.05, 3.63) is 93.2 Å². The van der Waals surface area contributed by atoms with Gasteiger partial charge in [0.1, 0.15) is 17.9 Å². The molecule has 1 aromatic carbocycles. The lowest BCUT2D eigenvalue weighted by atomic mass is 10.1. The topological polar surface area (TPSA) is 85.7 Å². The van der Waals surface area contributed by atoms with Gasteiger partial charge in [0.05, 0.1) is 31.1 Å². The lowest BCUT2D eigenvalue weighted by molar-refractivity contribution is 0.0361. The highest BCUT2D eigenvalue weighted by molar-refractivity contribution is 5.95. The second kappa shape index (κ2) is 11.8. The monoisotopic (exact) mass is 476 g/mol. The number of aromatic nitrogens is 2. The van der Waals surface area contributed by atoms with Crippen LogP contribution in [-0.2, 0) is 24.4 Å². The predicted octanol–water partition coefficient (Wildman–Crippen LogP) is 2.70. The highest BCUT2D eigenvalue weighted by Crippen LogP contribution is 2.17. The molecule has 1 amide bonds. The number of hydrogen-bond donors (Lipinski definition) is 1. The number of nitrogens with one attached hydrogen (secondary N) is 1. The van der Waals surface area contributed by atoms with E-state index in [9.17, 15) is 9.59 Å². The molecule has 3 aromatic rings. The Morgan fingerprint density at radius 1 is 1.09 bits per heavy atom. The summed E-state index contributed by atoms with van der Waals surface area (Å²) >= 11 is 0. The number of pyridine rings is 2. The minimum absolute atomic E-state index is 0.107. The van der Waals surface area contributed by atoms with Crippen LogP contribution in [0.4, 0.5) is 0 Å². The van der Waals surface area contributed by atoms with Crippen molar-refractivity contribution >= 4 is 5.91 Å². The molecule has 35 heavy (non-hydrogen) atoms. The molecule has 0 unspecified atom stereocenters. The Morgan fingerprint density at radius 3 is 2.57 bits per heavy atom. The van der Waals surface area contributed by atoms with E-state index in [1.54, 1.807) is 6.20 Å². The summed E-state index contributed by atoms with van der Waals surface area (Å²) in [5.41, 5.74) is 3.02. The molecule has 0 spiro atoms. The number of amides is 1. The number of rotatable bonds is 9. The summed E-state index contributed by atoms with van der Waals surface area (Å²) in [5, 5.41) is 2.86. The first kappa shape index (κ1) is 24.6. The molecule has 0 aliphatic carbocycles. The summed E-state index contributed by atoms with van der Waals surface area (Å²) in [6.45, 7) is 8.84.